The van der Waals surface area contributed by atoms with E-state index in [-0.39, 0.29) is 24.1 Å². The first-order valence-electron chi connectivity index (χ1n) is 7.72. The molecule has 1 fully saturated rings. The highest BCUT2D eigenvalue weighted by molar-refractivity contribution is 7.10. The van der Waals surface area contributed by atoms with Crippen LogP contribution in [0.15, 0.2) is 28.8 Å². The van der Waals surface area contributed by atoms with Crippen LogP contribution >= 0.6 is 11.3 Å². The number of thiophene rings is 1. The predicted molar refractivity (Wildman–Crippen MR) is 88.0 cm³/mol. The van der Waals surface area contributed by atoms with Crippen molar-refractivity contribution in [1.82, 2.24) is 15.5 Å². The summed E-state index contributed by atoms with van der Waals surface area (Å²) in [6.07, 6.45) is 0.0184. The first-order chi connectivity index (χ1) is 11.0. The molecule has 3 rings (SSSR count). The van der Waals surface area contributed by atoms with Crippen LogP contribution in [0.1, 0.15) is 31.7 Å². The third-order valence-electron chi connectivity index (χ3n) is 4.03. The molecule has 1 aromatic rings. The predicted octanol–water partition coefficient (Wildman–Crippen LogP) is 2.01. The Labute approximate surface area is 139 Å². The number of nitrogens with zero attached hydrogens (tertiary/aromatic N) is 1. The maximum absolute atomic E-state index is 13.1. The minimum Gasteiger partial charge on any atom is -0.372 e. The van der Waals surface area contributed by atoms with Gasteiger partial charge in [0, 0.05) is 23.7 Å². The Kier molecular flexibility index (Phi) is 4.41. The van der Waals surface area contributed by atoms with Gasteiger partial charge in [-0.3, -0.25) is 4.79 Å². The molecule has 6 nitrogen and oxygen atoms in total. The van der Waals surface area contributed by atoms with Crippen LogP contribution in [0.2, 0.25) is 0 Å². The fourth-order valence-corrected chi connectivity index (χ4v) is 3.94. The van der Waals surface area contributed by atoms with Crippen LogP contribution in [0.4, 0.5) is 4.79 Å². The van der Waals surface area contributed by atoms with Crippen LogP contribution in [0, 0.1) is 0 Å². The maximum Gasteiger partial charge on any atom is 0.319 e. The van der Waals surface area contributed by atoms with Crippen molar-refractivity contribution in [2.75, 3.05) is 13.1 Å². The van der Waals surface area contributed by atoms with E-state index in [2.05, 4.69) is 10.6 Å². The quantitative estimate of drug-likeness (QED) is 0.868. The van der Waals surface area contributed by atoms with Crippen LogP contribution < -0.4 is 10.6 Å². The molecule has 3 atom stereocenters. The zero-order chi connectivity index (χ0) is 16.6. The van der Waals surface area contributed by atoms with E-state index < -0.39 is 6.04 Å². The number of urea groups is 1. The number of ether oxygens (including phenoxy) is 1. The van der Waals surface area contributed by atoms with Crippen LogP contribution in [-0.2, 0) is 9.53 Å². The molecular formula is C16H21N3O3S. The second kappa shape index (κ2) is 6.33. The number of nitrogens with one attached hydrogen (secondary N) is 2. The number of morpholine rings is 1. The lowest BCUT2D eigenvalue weighted by Gasteiger charge is -2.38. The number of carbonyl (C=O) groups excluding carboxylic acids is 2. The number of hydrogen-bond donors (Lipinski definition) is 2. The smallest absolute Gasteiger partial charge is 0.319 e. The van der Waals surface area contributed by atoms with Crippen molar-refractivity contribution in [3.8, 4) is 0 Å². The molecule has 3 heterocycles. The van der Waals surface area contributed by atoms with Crippen molar-refractivity contribution in [2.45, 2.75) is 39.0 Å². The van der Waals surface area contributed by atoms with E-state index in [1.807, 2.05) is 36.3 Å². The fraction of sp³-hybridized carbons (Fsp3) is 0.500. The Balaban J connectivity index is 1.92. The number of hydrogen-bond acceptors (Lipinski definition) is 4. The lowest BCUT2D eigenvalue weighted by atomic mass is 9.99. The minimum absolute atomic E-state index is 0.00920. The van der Waals surface area contributed by atoms with E-state index in [1.54, 1.807) is 6.92 Å². The van der Waals surface area contributed by atoms with E-state index in [9.17, 15) is 9.59 Å². The third kappa shape index (κ3) is 3.25. The topological polar surface area (TPSA) is 70.7 Å². The summed E-state index contributed by atoms with van der Waals surface area (Å²) in [6.45, 7) is 6.83. The Hall–Kier alpha value is -1.86. The molecule has 0 aliphatic carbocycles. The number of amides is 3. The van der Waals surface area contributed by atoms with Crippen molar-refractivity contribution in [3.05, 3.63) is 33.7 Å². The lowest BCUT2D eigenvalue weighted by molar-refractivity contribution is -0.139. The van der Waals surface area contributed by atoms with Crippen LogP contribution in [0.25, 0.3) is 0 Å². The first kappa shape index (κ1) is 16.0. The maximum atomic E-state index is 13.1. The zero-order valence-electron chi connectivity index (χ0n) is 13.5. The molecular weight excluding hydrogens is 314 g/mol. The summed E-state index contributed by atoms with van der Waals surface area (Å²) < 4.78 is 5.70. The summed E-state index contributed by atoms with van der Waals surface area (Å²) in [5, 5.41) is 7.53. The van der Waals surface area contributed by atoms with Crippen molar-refractivity contribution < 1.29 is 14.3 Å². The van der Waals surface area contributed by atoms with Gasteiger partial charge in [-0.1, -0.05) is 6.07 Å². The van der Waals surface area contributed by atoms with Crippen LogP contribution in [-0.4, -0.2) is 42.1 Å². The largest absolute Gasteiger partial charge is 0.372 e. The Morgan fingerprint density at radius 3 is 2.65 bits per heavy atom. The van der Waals surface area contributed by atoms with Gasteiger partial charge in [0.1, 0.15) is 0 Å². The zero-order valence-corrected chi connectivity index (χ0v) is 14.3. The normalized spacial score (nSPS) is 28.4. The van der Waals surface area contributed by atoms with E-state index >= 15 is 0 Å². The van der Waals surface area contributed by atoms with E-state index in [0.29, 0.717) is 24.4 Å². The molecule has 23 heavy (non-hydrogen) atoms. The molecule has 0 radical (unpaired) electrons. The SMILES string of the molecule is CC1=C(C(=O)N2C[C@@H](C)O[C@@H](C)C2)[C@H](c2cccs2)NC(=O)N1. The van der Waals surface area contributed by atoms with Gasteiger partial charge in [0.2, 0.25) is 0 Å². The monoisotopic (exact) mass is 335 g/mol. The van der Waals surface area contributed by atoms with Crippen LogP contribution in [0.5, 0.6) is 0 Å². The van der Waals surface area contributed by atoms with E-state index in [0.717, 1.165) is 4.88 Å². The van der Waals surface area contributed by atoms with Gasteiger partial charge in [-0.25, -0.2) is 4.79 Å². The summed E-state index contributed by atoms with van der Waals surface area (Å²) in [5.41, 5.74) is 1.22. The molecule has 0 spiro atoms. The van der Waals surface area contributed by atoms with E-state index in [4.69, 9.17) is 4.74 Å². The molecule has 7 heteroatoms. The van der Waals surface area contributed by atoms with Crippen LogP contribution in [0.3, 0.4) is 0 Å². The standard InChI is InChI=1S/C16H21N3O3S/c1-9-7-19(8-10(2)22-9)15(20)13-11(3)17-16(21)18-14(13)12-5-4-6-23-12/h4-6,9-10,14H,7-8H2,1-3H3,(H2,17,18,21)/t9-,10+,14-/m0/s1. The summed E-state index contributed by atoms with van der Waals surface area (Å²) in [5.74, 6) is -0.0459. The highest BCUT2D eigenvalue weighted by Gasteiger charge is 2.36. The Bertz CT molecular complexity index is 631. The van der Waals surface area contributed by atoms with Gasteiger partial charge in [0.15, 0.2) is 0 Å². The van der Waals surface area contributed by atoms with Crippen molar-refractivity contribution in [2.24, 2.45) is 0 Å². The molecule has 1 saturated heterocycles. The van der Waals surface area contributed by atoms with Gasteiger partial charge >= 0.3 is 6.03 Å². The van der Waals surface area contributed by atoms with Gasteiger partial charge in [0.25, 0.3) is 5.91 Å². The second-order valence-electron chi connectivity index (χ2n) is 6.05. The molecule has 124 valence electrons. The second-order valence-corrected chi connectivity index (χ2v) is 7.03. The summed E-state index contributed by atoms with van der Waals surface area (Å²) in [4.78, 5) is 27.7. The average molecular weight is 335 g/mol. The lowest BCUT2D eigenvalue weighted by Crippen LogP contribution is -2.52. The van der Waals surface area contributed by atoms with Gasteiger partial charge in [-0.15, -0.1) is 11.3 Å². The molecule has 3 amide bonds. The molecule has 0 unspecified atom stereocenters. The van der Waals surface area contributed by atoms with Crippen molar-refractivity contribution >= 4 is 23.3 Å². The third-order valence-corrected chi connectivity index (χ3v) is 4.97. The van der Waals surface area contributed by atoms with Gasteiger partial charge in [-0.2, -0.15) is 0 Å². The molecule has 2 aliphatic rings. The summed E-state index contributed by atoms with van der Waals surface area (Å²) in [7, 11) is 0. The molecule has 0 saturated carbocycles. The highest BCUT2D eigenvalue weighted by Crippen LogP contribution is 2.31. The minimum atomic E-state index is -0.398. The molecule has 0 aromatic carbocycles. The summed E-state index contributed by atoms with van der Waals surface area (Å²) in [6, 6.07) is 3.18. The van der Waals surface area contributed by atoms with Crippen molar-refractivity contribution in [3.63, 3.8) is 0 Å². The molecule has 1 aromatic heterocycles. The van der Waals surface area contributed by atoms with Gasteiger partial charge < -0.3 is 20.3 Å². The highest BCUT2D eigenvalue weighted by atomic mass is 32.1. The fourth-order valence-electron chi connectivity index (χ4n) is 3.16. The first-order valence-corrected chi connectivity index (χ1v) is 8.60. The Morgan fingerprint density at radius 1 is 1.35 bits per heavy atom. The summed E-state index contributed by atoms with van der Waals surface area (Å²) >= 11 is 1.53. The van der Waals surface area contributed by atoms with Gasteiger partial charge in [-0.05, 0) is 32.2 Å². The molecule has 0 bridgehead atoms. The van der Waals surface area contributed by atoms with Gasteiger partial charge in [0.05, 0.1) is 23.8 Å². The number of rotatable bonds is 2. The number of allylic oxidation sites excluding steroid dienone is 1. The van der Waals surface area contributed by atoms with Crippen molar-refractivity contribution in [1.29, 1.82) is 0 Å². The Morgan fingerprint density at radius 2 is 2.04 bits per heavy atom. The van der Waals surface area contributed by atoms with E-state index in [1.165, 1.54) is 11.3 Å². The average Bonchev–Trinajstić information content (AvgIpc) is 2.98. The number of carbonyl (C=O) groups is 2. The molecule has 2 aliphatic heterocycles. The molecule has 2 N–H and O–H groups in total.